The number of benzene rings is 2. The number of aryl methyl sites for hydroxylation is 1. The van der Waals surface area contributed by atoms with E-state index in [2.05, 4.69) is 26.9 Å². The highest BCUT2D eigenvalue weighted by Gasteiger charge is 2.35. The van der Waals surface area contributed by atoms with Gasteiger partial charge in [-0.1, -0.05) is 35.9 Å². The van der Waals surface area contributed by atoms with Gasteiger partial charge in [-0.05, 0) is 80.9 Å². The third-order valence-electron chi connectivity index (χ3n) is 10.2. The van der Waals surface area contributed by atoms with Gasteiger partial charge < -0.3 is 36.4 Å². The summed E-state index contributed by atoms with van der Waals surface area (Å²) in [5.74, 6) is -0.0698. The maximum atomic E-state index is 14.0. The van der Waals surface area contributed by atoms with Crippen molar-refractivity contribution in [3.63, 3.8) is 0 Å². The number of nitrogen functional groups attached to an aromatic ring is 1. The first-order valence-electron chi connectivity index (χ1n) is 16.8. The van der Waals surface area contributed by atoms with Crippen LogP contribution in [0.15, 0.2) is 36.4 Å². The Hall–Kier alpha value is -3.54. The SMILES string of the molecule is Cc1cc(C[C@@H](NC(=O)N2CCC(N3CCc4ccccc4NC3=O)CC2)C(=O)N2CCN(C3CCNCC3)CC2)cc(Cl)c1N. The second-order valence-corrected chi connectivity index (χ2v) is 13.5. The number of piperazine rings is 1. The number of halogens is 1. The molecule has 0 aliphatic carbocycles. The number of para-hydroxylation sites is 1. The standard InChI is InChI=1S/C34H47ClN8O3/c1-23-20-24(21-28(35)31(23)36)22-30(32(44)41-18-16-40(17-19-41)26-6-11-37-12-7-26)39-33(45)42-13-9-27(10-14-42)43-15-8-25-4-2-3-5-29(25)38-34(43)46/h2-5,20-21,26-27,30,37H,6-19,22,36H2,1H3,(H,38,46)(H,39,45)/t30-/m1/s1. The zero-order valence-corrected chi connectivity index (χ0v) is 27.5. The van der Waals surface area contributed by atoms with Crippen LogP contribution in [0.3, 0.4) is 0 Å². The van der Waals surface area contributed by atoms with E-state index in [4.69, 9.17) is 17.3 Å². The molecule has 248 valence electrons. The number of fused-ring (bicyclic) bond motifs is 1. The van der Waals surface area contributed by atoms with Gasteiger partial charge in [0.05, 0.1) is 10.7 Å². The molecule has 0 radical (unpaired) electrons. The molecule has 0 unspecified atom stereocenters. The predicted molar refractivity (Wildman–Crippen MR) is 181 cm³/mol. The smallest absolute Gasteiger partial charge is 0.322 e. The molecule has 5 N–H and O–H groups in total. The van der Waals surface area contributed by atoms with Crippen molar-refractivity contribution in [3.05, 3.63) is 58.1 Å². The van der Waals surface area contributed by atoms with Crippen LogP contribution in [0.5, 0.6) is 0 Å². The molecule has 6 rings (SSSR count). The number of nitrogens with two attached hydrogens (primary N) is 1. The fraction of sp³-hybridized carbons (Fsp3) is 0.559. The maximum absolute atomic E-state index is 14.0. The molecule has 3 fully saturated rings. The first kappa shape index (κ1) is 32.4. The lowest BCUT2D eigenvalue weighted by molar-refractivity contribution is -0.135. The number of urea groups is 2. The average Bonchev–Trinajstić information content (AvgIpc) is 3.25. The van der Waals surface area contributed by atoms with Crippen molar-refractivity contribution in [1.82, 2.24) is 30.2 Å². The summed E-state index contributed by atoms with van der Waals surface area (Å²) in [6.45, 7) is 8.60. The molecule has 12 heteroatoms. The van der Waals surface area contributed by atoms with Crippen LogP contribution in [0.1, 0.15) is 42.4 Å². The van der Waals surface area contributed by atoms with Crippen molar-refractivity contribution in [2.45, 2.75) is 63.6 Å². The van der Waals surface area contributed by atoms with Gasteiger partial charge in [-0.3, -0.25) is 9.69 Å². The van der Waals surface area contributed by atoms with Crippen molar-refractivity contribution in [3.8, 4) is 0 Å². The summed E-state index contributed by atoms with van der Waals surface area (Å²) < 4.78 is 0. The average molecular weight is 651 g/mol. The summed E-state index contributed by atoms with van der Waals surface area (Å²) >= 11 is 6.41. The molecule has 0 spiro atoms. The Bertz CT molecular complexity index is 1390. The molecule has 0 bridgehead atoms. The summed E-state index contributed by atoms with van der Waals surface area (Å²) in [5, 5.41) is 10.0. The second kappa shape index (κ2) is 14.5. The first-order valence-corrected chi connectivity index (χ1v) is 17.1. The Morgan fingerprint density at radius 1 is 0.957 bits per heavy atom. The number of piperidine rings is 2. The third kappa shape index (κ3) is 7.37. The van der Waals surface area contributed by atoms with E-state index in [1.165, 1.54) is 0 Å². The molecule has 4 aliphatic heterocycles. The summed E-state index contributed by atoms with van der Waals surface area (Å²) in [6.07, 6.45) is 4.75. The van der Waals surface area contributed by atoms with Crippen molar-refractivity contribution in [2.24, 2.45) is 0 Å². The van der Waals surface area contributed by atoms with E-state index in [1.54, 1.807) is 11.0 Å². The molecule has 2 aromatic rings. The third-order valence-corrected chi connectivity index (χ3v) is 10.5. The van der Waals surface area contributed by atoms with Gasteiger partial charge in [0.1, 0.15) is 6.04 Å². The summed E-state index contributed by atoms with van der Waals surface area (Å²) in [5.41, 5.74) is 10.3. The molecule has 2 aromatic carbocycles. The maximum Gasteiger partial charge on any atom is 0.322 e. The molecule has 4 heterocycles. The fourth-order valence-corrected chi connectivity index (χ4v) is 7.73. The number of anilines is 2. The minimum atomic E-state index is -0.732. The molecule has 0 saturated carbocycles. The lowest BCUT2D eigenvalue weighted by Crippen LogP contribution is -2.59. The molecule has 1 atom stereocenters. The van der Waals surface area contributed by atoms with E-state index in [0.29, 0.717) is 68.7 Å². The zero-order valence-electron chi connectivity index (χ0n) is 26.8. The van der Waals surface area contributed by atoms with Crippen LogP contribution in [0.2, 0.25) is 5.02 Å². The molecule has 11 nitrogen and oxygen atoms in total. The molecule has 46 heavy (non-hydrogen) atoms. The van der Waals surface area contributed by atoms with Gasteiger partial charge in [0, 0.05) is 70.0 Å². The number of amides is 5. The van der Waals surface area contributed by atoms with Crippen LogP contribution in [0.25, 0.3) is 0 Å². The number of hydrogen-bond donors (Lipinski definition) is 4. The molecular weight excluding hydrogens is 604 g/mol. The fourth-order valence-electron chi connectivity index (χ4n) is 7.44. The van der Waals surface area contributed by atoms with Crippen molar-refractivity contribution >= 4 is 40.9 Å². The number of rotatable bonds is 6. The molecule has 3 saturated heterocycles. The van der Waals surface area contributed by atoms with Gasteiger partial charge in [0.2, 0.25) is 5.91 Å². The van der Waals surface area contributed by atoms with Gasteiger partial charge >= 0.3 is 12.1 Å². The first-order chi connectivity index (χ1) is 22.3. The van der Waals surface area contributed by atoms with Crippen molar-refractivity contribution in [2.75, 3.05) is 70.0 Å². The topological polar surface area (TPSA) is 126 Å². The highest BCUT2D eigenvalue weighted by atomic mass is 35.5. The normalized spacial score (nSPS) is 20.9. The number of nitrogens with one attached hydrogen (secondary N) is 3. The molecule has 0 aromatic heterocycles. The van der Waals surface area contributed by atoms with Crippen LogP contribution in [0, 0.1) is 6.92 Å². The summed E-state index contributed by atoms with van der Waals surface area (Å²) in [6, 6.07) is 11.2. The van der Waals surface area contributed by atoms with Gasteiger partial charge in [-0.25, -0.2) is 9.59 Å². The van der Waals surface area contributed by atoms with E-state index >= 15 is 0 Å². The Morgan fingerprint density at radius 3 is 2.39 bits per heavy atom. The quantitative estimate of drug-likeness (QED) is 0.356. The van der Waals surface area contributed by atoms with E-state index in [9.17, 15) is 14.4 Å². The molecule has 5 amide bonds. The van der Waals surface area contributed by atoms with Crippen LogP contribution in [-0.2, 0) is 17.6 Å². The number of hydrogen-bond acceptors (Lipinski definition) is 6. The van der Waals surface area contributed by atoms with Crippen LogP contribution in [0.4, 0.5) is 21.0 Å². The van der Waals surface area contributed by atoms with E-state index in [1.807, 2.05) is 41.0 Å². The number of nitrogens with zero attached hydrogens (tertiary/aromatic N) is 4. The minimum absolute atomic E-state index is 0.0481. The zero-order chi connectivity index (χ0) is 32.2. The van der Waals surface area contributed by atoms with Gasteiger partial charge in [-0.15, -0.1) is 0 Å². The second-order valence-electron chi connectivity index (χ2n) is 13.1. The predicted octanol–water partition coefficient (Wildman–Crippen LogP) is 3.30. The van der Waals surface area contributed by atoms with Crippen LogP contribution in [-0.4, -0.2) is 115 Å². The van der Waals surface area contributed by atoms with Crippen molar-refractivity contribution < 1.29 is 14.4 Å². The summed E-state index contributed by atoms with van der Waals surface area (Å²) in [4.78, 5) is 48.9. The van der Waals surface area contributed by atoms with Crippen LogP contribution < -0.4 is 21.7 Å². The largest absolute Gasteiger partial charge is 0.397 e. The highest BCUT2D eigenvalue weighted by Crippen LogP contribution is 2.27. The van der Waals surface area contributed by atoms with E-state index in [0.717, 1.165) is 67.8 Å². The number of likely N-dealkylation sites (tertiary alicyclic amines) is 1. The monoisotopic (exact) mass is 650 g/mol. The molecular formula is C34H47ClN8O3. The van der Waals surface area contributed by atoms with E-state index < -0.39 is 6.04 Å². The van der Waals surface area contributed by atoms with Gasteiger partial charge in [0.25, 0.3) is 0 Å². The Morgan fingerprint density at radius 2 is 1.67 bits per heavy atom. The van der Waals surface area contributed by atoms with Gasteiger partial charge in [-0.2, -0.15) is 0 Å². The van der Waals surface area contributed by atoms with Gasteiger partial charge in [0.15, 0.2) is 0 Å². The Labute approximate surface area is 276 Å². The minimum Gasteiger partial charge on any atom is -0.397 e. The molecule has 4 aliphatic rings. The number of carbonyl (C=O) groups excluding carboxylic acids is 3. The van der Waals surface area contributed by atoms with Crippen LogP contribution >= 0.6 is 11.6 Å². The Balaban J connectivity index is 1.09. The Kier molecular flexibility index (Phi) is 10.2. The highest BCUT2D eigenvalue weighted by molar-refractivity contribution is 6.33. The lowest BCUT2D eigenvalue weighted by Gasteiger charge is -2.42. The summed E-state index contributed by atoms with van der Waals surface area (Å²) in [7, 11) is 0. The number of carbonyl (C=O) groups is 3. The van der Waals surface area contributed by atoms with E-state index in [-0.39, 0.29) is 24.0 Å². The van der Waals surface area contributed by atoms with Crippen molar-refractivity contribution in [1.29, 1.82) is 0 Å². The lowest BCUT2D eigenvalue weighted by atomic mass is 10.0.